The fourth-order valence-corrected chi connectivity index (χ4v) is 0.913. The number of ether oxygens (including phenoxy) is 1. The lowest BCUT2D eigenvalue weighted by Gasteiger charge is -2.19. The van der Waals surface area contributed by atoms with Crippen molar-refractivity contribution in [2.75, 3.05) is 19.7 Å². The average Bonchev–Trinajstić information content (AvgIpc) is 2.11. The summed E-state index contributed by atoms with van der Waals surface area (Å²) in [7, 11) is 0. The van der Waals surface area contributed by atoms with E-state index in [1.165, 1.54) is 0 Å². The van der Waals surface area contributed by atoms with Crippen molar-refractivity contribution in [3.63, 3.8) is 0 Å². The second-order valence-corrected chi connectivity index (χ2v) is 3.47. The Morgan fingerprint density at radius 2 is 1.88 bits per heavy atom. The normalized spacial score (nSPS) is 10.2. The zero-order chi connectivity index (χ0) is 12.7. The minimum Gasteiger partial charge on any atom is -0.480 e. The van der Waals surface area contributed by atoms with Crippen molar-refractivity contribution >= 4 is 17.8 Å². The van der Waals surface area contributed by atoms with E-state index < -0.39 is 30.9 Å². The van der Waals surface area contributed by atoms with E-state index in [1.54, 1.807) is 13.8 Å². The molecule has 0 aromatic carbocycles. The van der Waals surface area contributed by atoms with E-state index in [1.807, 2.05) is 0 Å². The number of amides is 2. The van der Waals surface area contributed by atoms with Crippen LogP contribution in [0.15, 0.2) is 0 Å². The highest BCUT2D eigenvalue weighted by molar-refractivity contribution is 5.87. The van der Waals surface area contributed by atoms with Crippen LogP contribution < -0.4 is 5.73 Å². The molecule has 7 heteroatoms. The number of carboxylic acid groups (broad SMARTS) is 1. The fraction of sp³-hybridized carbons (Fsp3) is 0.667. The standard InChI is InChI=1S/C9H16N2O5/c1-6(2)16-5-8(13)11(3-7(10)12)4-9(14)15/h6H,3-5H2,1-2H3,(H2,10,12)(H,14,15). The summed E-state index contributed by atoms with van der Waals surface area (Å²) in [5.41, 5.74) is 4.90. The molecule has 0 aliphatic rings. The van der Waals surface area contributed by atoms with Gasteiger partial charge < -0.3 is 20.5 Å². The van der Waals surface area contributed by atoms with E-state index in [0.717, 1.165) is 4.90 Å². The van der Waals surface area contributed by atoms with Crippen LogP contribution in [0.2, 0.25) is 0 Å². The van der Waals surface area contributed by atoms with E-state index in [4.69, 9.17) is 15.6 Å². The van der Waals surface area contributed by atoms with E-state index in [-0.39, 0.29) is 12.7 Å². The van der Waals surface area contributed by atoms with Crippen LogP contribution in [-0.4, -0.2) is 53.6 Å². The Morgan fingerprint density at radius 3 is 2.25 bits per heavy atom. The molecule has 0 saturated heterocycles. The van der Waals surface area contributed by atoms with E-state index in [9.17, 15) is 14.4 Å². The summed E-state index contributed by atoms with van der Waals surface area (Å²) >= 11 is 0. The number of carboxylic acids is 1. The number of rotatable bonds is 7. The van der Waals surface area contributed by atoms with Gasteiger partial charge in [-0.05, 0) is 13.8 Å². The molecule has 0 fully saturated rings. The maximum Gasteiger partial charge on any atom is 0.323 e. The van der Waals surface area contributed by atoms with E-state index in [0.29, 0.717) is 0 Å². The van der Waals surface area contributed by atoms with E-state index in [2.05, 4.69) is 0 Å². The van der Waals surface area contributed by atoms with Gasteiger partial charge in [0.15, 0.2) is 0 Å². The van der Waals surface area contributed by atoms with Crippen LogP contribution in [0.1, 0.15) is 13.8 Å². The highest BCUT2D eigenvalue weighted by Crippen LogP contribution is 1.94. The molecule has 0 radical (unpaired) electrons. The van der Waals surface area contributed by atoms with Crippen LogP contribution in [0.25, 0.3) is 0 Å². The molecule has 0 rings (SSSR count). The molecule has 0 aromatic heterocycles. The molecule has 16 heavy (non-hydrogen) atoms. The number of carbonyl (C=O) groups excluding carboxylic acids is 2. The number of primary amides is 1. The maximum absolute atomic E-state index is 11.4. The first-order valence-corrected chi connectivity index (χ1v) is 4.72. The zero-order valence-corrected chi connectivity index (χ0v) is 9.30. The van der Waals surface area contributed by atoms with Gasteiger partial charge in [-0.25, -0.2) is 0 Å². The van der Waals surface area contributed by atoms with Crippen molar-refractivity contribution in [2.45, 2.75) is 20.0 Å². The Kier molecular flexibility index (Phi) is 6.09. The van der Waals surface area contributed by atoms with Crippen LogP contribution in [0.5, 0.6) is 0 Å². The maximum atomic E-state index is 11.4. The van der Waals surface area contributed by atoms with Crippen LogP contribution >= 0.6 is 0 Å². The van der Waals surface area contributed by atoms with Gasteiger partial charge in [-0.2, -0.15) is 0 Å². The van der Waals surface area contributed by atoms with Gasteiger partial charge in [0.25, 0.3) is 0 Å². The number of nitrogens with two attached hydrogens (primary N) is 1. The molecule has 0 aliphatic heterocycles. The smallest absolute Gasteiger partial charge is 0.323 e. The van der Waals surface area contributed by atoms with Crippen molar-refractivity contribution in [3.8, 4) is 0 Å². The van der Waals surface area contributed by atoms with Crippen molar-refractivity contribution < 1.29 is 24.2 Å². The number of carbonyl (C=O) groups is 3. The van der Waals surface area contributed by atoms with Gasteiger partial charge in [0.05, 0.1) is 6.10 Å². The highest BCUT2D eigenvalue weighted by atomic mass is 16.5. The lowest BCUT2D eigenvalue weighted by molar-refractivity contribution is -0.148. The monoisotopic (exact) mass is 232 g/mol. The Morgan fingerprint density at radius 1 is 1.31 bits per heavy atom. The van der Waals surface area contributed by atoms with Gasteiger partial charge in [0, 0.05) is 0 Å². The Hall–Kier alpha value is -1.63. The van der Waals surface area contributed by atoms with Gasteiger partial charge in [0.1, 0.15) is 19.7 Å². The molecule has 0 unspecified atom stereocenters. The van der Waals surface area contributed by atoms with Crippen molar-refractivity contribution in [1.29, 1.82) is 0 Å². The molecule has 0 aromatic rings. The Bertz CT molecular complexity index is 261. The number of hydrogen-bond donors (Lipinski definition) is 2. The quantitative estimate of drug-likeness (QED) is 0.573. The molecule has 7 nitrogen and oxygen atoms in total. The molecular formula is C9H16N2O5. The summed E-state index contributed by atoms with van der Waals surface area (Å²) in [6.07, 6.45) is -0.149. The third-order valence-electron chi connectivity index (χ3n) is 1.57. The van der Waals surface area contributed by atoms with E-state index >= 15 is 0 Å². The largest absolute Gasteiger partial charge is 0.480 e. The molecule has 92 valence electrons. The molecule has 0 spiro atoms. The lowest BCUT2D eigenvalue weighted by atomic mass is 10.4. The van der Waals surface area contributed by atoms with Gasteiger partial charge in [-0.3, -0.25) is 14.4 Å². The summed E-state index contributed by atoms with van der Waals surface area (Å²) in [6, 6.07) is 0. The average molecular weight is 232 g/mol. The van der Waals surface area contributed by atoms with Crippen LogP contribution in [0.4, 0.5) is 0 Å². The minimum absolute atomic E-state index is 0.149. The molecule has 0 saturated carbocycles. The predicted molar refractivity (Wildman–Crippen MR) is 54.5 cm³/mol. The number of hydrogen-bond acceptors (Lipinski definition) is 4. The summed E-state index contributed by atoms with van der Waals surface area (Å²) < 4.78 is 5.01. The van der Waals surface area contributed by atoms with Crippen LogP contribution in [-0.2, 0) is 19.1 Å². The second-order valence-electron chi connectivity index (χ2n) is 3.47. The van der Waals surface area contributed by atoms with Crippen LogP contribution in [0, 0.1) is 0 Å². The number of nitrogens with zero attached hydrogens (tertiary/aromatic N) is 1. The Balaban J connectivity index is 4.31. The molecular weight excluding hydrogens is 216 g/mol. The van der Waals surface area contributed by atoms with Gasteiger partial charge in [-0.15, -0.1) is 0 Å². The zero-order valence-electron chi connectivity index (χ0n) is 9.30. The number of aliphatic carboxylic acids is 1. The molecule has 0 heterocycles. The van der Waals surface area contributed by atoms with Crippen molar-refractivity contribution in [1.82, 2.24) is 4.90 Å². The van der Waals surface area contributed by atoms with Gasteiger partial charge in [0.2, 0.25) is 11.8 Å². The molecule has 2 amide bonds. The predicted octanol–water partition coefficient (Wildman–Crippen LogP) is -1.19. The first kappa shape index (κ1) is 14.4. The second kappa shape index (κ2) is 6.78. The van der Waals surface area contributed by atoms with Crippen molar-refractivity contribution in [2.24, 2.45) is 5.73 Å². The summed E-state index contributed by atoms with van der Waals surface area (Å²) in [5.74, 6) is -2.55. The minimum atomic E-state index is -1.21. The lowest BCUT2D eigenvalue weighted by Crippen LogP contribution is -2.43. The topological polar surface area (TPSA) is 110 Å². The summed E-state index contributed by atoms with van der Waals surface area (Å²) in [5, 5.41) is 8.54. The fourth-order valence-electron chi connectivity index (χ4n) is 0.913. The van der Waals surface area contributed by atoms with Crippen LogP contribution in [0.3, 0.4) is 0 Å². The first-order chi connectivity index (χ1) is 7.32. The third-order valence-corrected chi connectivity index (χ3v) is 1.57. The summed E-state index contributed by atoms with van der Waals surface area (Å²) in [4.78, 5) is 33.4. The highest BCUT2D eigenvalue weighted by Gasteiger charge is 2.18. The first-order valence-electron chi connectivity index (χ1n) is 4.72. The molecule has 3 N–H and O–H groups in total. The summed E-state index contributed by atoms with van der Waals surface area (Å²) in [6.45, 7) is 2.22. The molecule has 0 aliphatic carbocycles. The molecule has 0 bridgehead atoms. The Labute approximate surface area is 93.2 Å². The van der Waals surface area contributed by atoms with Gasteiger partial charge in [-0.1, -0.05) is 0 Å². The van der Waals surface area contributed by atoms with Crippen molar-refractivity contribution in [3.05, 3.63) is 0 Å². The van der Waals surface area contributed by atoms with Gasteiger partial charge >= 0.3 is 5.97 Å². The third kappa shape index (κ3) is 6.77. The SMILES string of the molecule is CC(C)OCC(=O)N(CC(N)=O)CC(=O)O. The molecule has 0 atom stereocenters.